The number of halogens is 1. The number of rotatable bonds is 7. The van der Waals surface area contributed by atoms with E-state index in [1.807, 2.05) is 13.0 Å². The molecule has 0 aliphatic carbocycles. The average Bonchev–Trinajstić information content (AvgIpc) is 3.42. The van der Waals surface area contributed by atoms with Gasteiger partial charge >= 0.3 is 5.97 Å². The van der Waals surface area contributed by atoms with Gasteiger partial charge in [0.1, 0.15) is 11.6 Å². The summed E-state index contributed by atoms with van der Waals surface area (Å²) < 4.78 is 19.0. The highest BCUT2D eigenvalue weighted by atomic mass is 31.1. The van der Waals surface area contributed by atoms with Crippen LogP contribution in [-0.4, -0.2) is 29.8 Å². The Bertz CT molecular complexity index is 851. The number of carbonyl (C=O) groups excluding carboxylic acids is 1. The molecule has 2 N–H and O–H groups in total. The van der Waals surface area contributed by atoms with E-state index in [4.69, 9.17) is 9.84 Å². The van der Waals surface area contributed by atoms with Crippen LogP contribution >= 0.6 is 8.58 Å². The van der Waals surface area contributed by atoms with Gasteiger partial charge in [-0.2, -0.15) is 0 Å². The van der Waals surface area contributed by atoms with Crippen molar-refractivity contribution in [1.82, 2.24) is 5.32 Å². The van der Waals surface area contributed by atoms with Gasteiger partial charge in [0.15, 0.2) is 6.61 Å². The molecule has 0 aromatic heterocycles. The van der Waals surface area contributed by atoms with Gasteiger partial charge in [0.2, 0.25) is 0 Å². The van der Waals surface area contributed by atoms with Crippen molar-refractivity contribution in [2.24, 2.45) is 0 Å². The van der Waals surface area contributed by atoms with Gasteiger partial charge in [-0.1, -0.05) is 12.1 Å². The highest BCUT2D eigenvalue weighted by Gasteiger charge is 2.24. The molecule has 1 saturated heterocycles. The molecular formula is C19H19FNO4P. The summed E-state index contributed by atoms with van der Waals surface area (Å²) in [5.41, 5.74) is 3.23. The van der Waals surface area contributed by atoms with Crippen molar-refractivity contribution >= 4 is 20.5 Å². The third kappa shape index (κ3) is 4.79. The van der Waals surface area contributed by atoms with E-state index in [9.17, 15) is 14.0 Å². The fourth-order valence-corrected chi connectivity index (χ4v) is 3.38. The van der Waals surface area contributed by atoms with Gasteiger partial charge < -0.3 is 15.2 Å². The Balaban J connectivity index is 1.71. The Morgan fingerprint density at radius 3 is 2.77 bits per heavy atom. The summed E-state index contributed by atoms with van der Waals surface area (Å²) >= 11 is 0. The van der Waals surface area contributed by atoms with Crippen molar-refractivity contribution in [3.63, 3.8) is 0 Å². The summed E-state index contributed by atoms with van der Waals surface area (Å²) in [5.74, 6) is -1.61. The van der Waals surface area contributed by atoms with E-state index in [0.29, 0.717) is 11.2 Å². The topological polar surface area (TPSA) is 75.6 Å². The second-order valence-corrected chi connectivity index (χ2v) is 7.73. The van der Waals surface area contributed by atoms with E-state index in [1.165, 1.54) is 6.07 Å². The maximum Gasteiger partial charge on any atom is 0.341 e. The molecule has 7 heteroatoms. The molecule has 1 aliphatic heterocycles. The maximum atomic E-state index is 13.8. The van der Waals surface area contributed by atoms with Crippen LogP contribution in [0.25, 0.3) is 0 Å². The van der Waals surface area contributed by atoms with E-state index in [-0.39, 0.29) is 23.7 Å². The number of carboxylic acids is 1. The first-order valence-corrected chi connectivity index (χ1v) is 9.47. The fraction of sp³-hybridized carbons (Fsp3) is 0.263. The average molecular weight is 375 g/mol. The molecule has 2 aromatic rings. The Kier molecular flexibility index (Phi) is 5.52. The molecule has 26 heavy (non-hydrogen) atoms. The van der Waals surface area contributed by atoms with Crippen molar-refractivity contribution in [2.45, 2.75) is 19.1 Å². The maximum absolute atomic E-state index is 13.8. The summed E-state index contributed by atoms with van der Waals surface area (Å²) in [7, 11) is 0.846. The number of benzene rings is 2. The zero-order chi connectivity index (χ0) is 18.7. The summed E-state index contributed by atoms with van der Waals surface area (Å²) in [6.07, 6.45) is 1.10. The zero-order valence-electron chi connectivity index (χ0n) is 14.2. The first-order valence-electron chi connectivity index (χ1n) is 8.18. The lowest BCUT2D eigenvalue weighted by Crippen LogP contribution is -2.24. The molecule has 3 rings (SSSR count). The third-order valence-electron chi connectivity index (χ3n) is 3.98. The molecule has 0 spiro atoms. The zero-order valence-corrected chi connectivity index (χ0v) is 15.2. The Morgan fingerprint density at radius 1 is 1.31 bits per heavy atom. The quantitative estimate of drug-likeness (QED) is 0.729. The van der Waals surface area contributed by atoms with Crippen LogP contribution in [0.5, 0.6) is 5.75 Å². The van der Waals surface area contributed by atoms with Crippen LogP contribution in [0.2, 0.25) is 0 Å². The summed E-state index contributed by atoms with van der Waals surface area (Å²) in [4.78, 5) is 23.2. The third-order valence-corrected chi connectivity index (χ3v) is 5.13. The van der Waals surface area contributed by atoms with Crippen LogP contribution in [0.4, 0.5) is 4.39 Å². The first kappa shape index (κ1) is 18.3. The highest BCUT2D eigenvalue weighted by Crippen LogP contribution is 2.53. The monoisotopic (exact) mass is 375 g/mol. The van der Waals surface area contributed by atoms with Crippen molar-refractivity contribution in [3.8, 4) is 5.75 Å². The Labute approximate surface area is 152 Å². The molecule has 5 nitrogen and oxygen atoms in total. The molecule has 0 saturated carbocycles. The van der Waals surface area contributed by atoms with E-state index < -0.39 is 18.5 Å². The van der Waals surface area contributed by atoms with Gasteiger partial charge in [0.05, 0.1) is 5.56 Å². The second kappa shape index (κ2) is 7.83. The smallest absolute Gasteiger partial charge is 0.341 e. The number of nitrogens with one attached hydrogen (secondary N) is 1. The molecular weight excluding hydrogens is 356 g/mol. The van der Waals surface area contributed by atoms with Gasteiger partial charge in [-0.15, -0.1) is 8.58 Å². The first-order chi connectivity index (χ1) is 12.4. The van der Waals surface area contributed by atoms with Gasteiger partial charge in [-0.3, -0.25) is 4.79 Å². The molecule has 1 amide bonds. The summed E-state index contributed by atoms with van der Waals surface area (Å²) in [6.45, 7) is 1.48. The van der Waals surface area contributed by atoms with E-state index in [1.54, 1.807) is 24.3 Å². The second-order valence-electron chi connectivity index (χ2n) is 6.22. The number of carbonyl (C=O) groups is 2. The number of aliphatic carboxylic acids is 1. The molecule has 2 unspecified atom stereocenters. The Morgan fingerprint density at radius 2 is 2.08 bits per heavy atom. The van der Waals surface area contributed by atoms with Crippen LogP contribution < -0.4 is 10.1 Å². The van der Waals surface area contributed by atoms with Crippen molar-refractivity contribution in [3.05, 3.63) is 64.5 Å². The van der Waals surface area contributed by atoms with E-state index in [0.717, 1.165) is 25.9 Å². The van der Waals surface area contributed by atoms with Crippen LogP contribution in [-0.2, 0) is 11.3 Å². The Hall–Kier alpha value is -2.46. The molecule has 1 aliphatic rings. The van der Waals surface area contributed by atoms with Crippen molar-refractivity contribution in [2.75, 3.05) is 12.8 Å². The number of ether oxygens (including phenoxy) is 1. The van der Waals surface area contributed by atoms with E-state index in [2.05, 4.69) is 5.32 Å². The highest BCUT2D eigenvalue weighted by molar-refractivity contribution is 7.47. The lowest BCUT2D eigenvalue weighted by Gasteiger charge is -2.12. The SMILES string of the molecule is Cc1ccc(C(=O)NCc2cc(F)cc(C3CP3)c2)c(OCC(=O)O)c1. The molecule has 0 bridgehead atoms. The lowest BCUT2D eigenvalue weighted by molar-refractivity contribution is -0.139. The van der Waals surface area contributed by atoms with E-state index >= 15 is 0 Å². The molecule has 1 heterocycles. The van der Waals surface area contributed by atoms with Crippen LogP contribution in [0.3, 0.4) is 0 Å². The van der Waals surface area contributed by atoms with Crippen LogP contribution in [0, 0.1) is 12.7 Å². The van der Waals surface area contributed by atoms with Gasteiger partial charge in [-0.05, 0) is 54.0 Å². The largest absolute Gasteiger partial charge is 0.481 e. The molecule has 0 radical (unpaired) electrons. The standard InChI is InChI=1S/C19H19FNO4P/c1-11-2-3-15(16(4-11)25-9-18(22)23)19(24)21-8-12-5-13(17-10-26-17)7-14(20)6-12/h2-7,17,26H,8-10H2,1H3,(H,21,24)(H,22,23). The molecule has 1 fully saturated rings. The van der Waals surface area contributed by atoms with Crippen LogP contribution in [0.1, 0.15) is 32.7 Å². The predicted octanol–water partition coefficient (Wildman–Crippen LogP) is 3.26. The lowest BCUT2D eigenvalue weighted by atomic mass is 10.1. The number of carboxylic acid groups (broad SMARTS) is 1. The molecule has 2 atom stereocenters. The number of amides is 1. The molecule has 136 valence electrons. The summed E-state index contributed by atoms with van der Waals surface area (Å²) in [6, 6.07) is 9.83. The van der Waals surface area contributed by atoms with Gasteiger partial charge in [-0.25, -0.2) is 9.18 Å². The minimum Gasteiger partial charge on any atom is -0.481 e. The number of hydrogen-bond acceptors (Lipinski definition) is 3. The van der Waals surface area contributed by atoms with Crippen molar-refractivity contribution in [1.29, 1.82) is 0 Å². The normalized spacial score (nSPS) is 16.3. The minimum absolute atomic E-state index is 0.186. The fourth-order valence-electron chi connectivity index (χ4n) is 2.63. The minimum atomic E-state index is -1.12. The molecule has 2 aromatic carbocycles. The summed E-state index contributed by atoms with van der Waals surface area (Å²) in [5, 5.41) is 11.5. The van der Waals surface area contributed by atoms with Gasteiger partial charge in [0.25, 0.3) is 5.91 Å². The predicted molar refractivity (Wildman–Crippen MR) is 97.8 cm³/mol. The van der Waals surface area contributed by atoms with Crippen molar-refractivity contribution < 1.29 is 23.8 Å². The van der Waals surface area contributed by atoms with Crippen LogP contribution in [0.15, 0.2) is 36.4 Å². The number of hydrogen-bond donors (Lipinski definition) is 2. The number of aryl methyl sites for hydroxylation is 1. The van der Waals surface area contributed by atoms with Gasteiger partial charge in [0, 0.05) is 12.2 Å².